The fourth-order valence-corrected chi connectivity index (χ4v) is 0.710. The molecule has 0 amide bonds. The van der Waals surface area contributed by atoms with Gasteiger partial charge in [-0.1, -0.05) is 12.2 Å². The molecule has 0 aromatic carbocycles. The summed E-state index contributed by atoms with van der Waals surface area (Å²) in [5, 5.41) is 6.02. The zero-order valence-electron chi connectivity index (χ0n) is 3.39. The van der Waals surface area contributed by atoms with Crippen LogP contribution in [0.15, 0.2) is 0 Å². The van der Waals surface area contributed by atoms with E-state index in [-0.39, 0.29) is 0 Å². The van der Waals surface area contributed by atoms with Crippen LogP contribution in [-0.4, -0.2) is 10.1 Å². The molecule has 2 N–H and O–H groups in total. The molecule has 1 aliphatic heterocycles. The number of thiocarbonyl (C=S) groups is 2. The number of rotatable bonds is 0. The minimum absolute atomic E-state index is 0.588. The molecule has 1 fully saturated rings. The first-order chi connectivity index (χ1) is 3.29. The third kappa shape index (κ3) is 1.07. The van der Waals surface area contributed by atoms with Gasteiger partial charge in [-0.15, -0.1) is 0 Å². The van der Waals surface area contributed by atoms with Gasteiger partial charge in [0, 0.05) is 0 Å². The van der Waals surface area contributed by atoms with E-state index in [4.69, 9.17) is 0 Å². The van der Waals surface area contributed by atoms with E-state index in [1.165, 1.54) is 0 Å². The summed E-state index contributed by atoms with van der Waals surface area (Å²) in [7, 11) is 0. The molecule has 1 heterocycles. The fourth-order valence-electron chi connectivity index (χ4n) is 0.315. The smallest absolute Gasteiger partial charge is 0.171 e. The maximum Gasteiger partial charge on any atom is 0.171 e. The number of hydrogen-bond acceptors (Lipinski definition) is 2. The fraction of sp³-hybridized carbons (Fsp3) is 0. The highest BCUT2D eigenvalue weighted by Gasteiger charge is 2.07. The topological polar surface area (TPSA) is 24.1 Å². The van der Waals surface area contributed by atoms with Crippen LogP contribution in [0.4, 0.5) is 0 Å². The van der Waals surface area contributed by atoms with Gasteiger partial charge in [-0.05, 0) is 12.2 Å². The van der Waals surface area contributed by atoms with Crippen LogP contribution in [0.5, 0.6) is 0 Å². The molecule has 0 aromatic heterocycles. The standard InChI is InChI=1S/C3H3N2S2/c6-2-1-4-3(7)5-2/h1H,(H2,4,5,6,7). The lowest BCUT2D eigenvalue weighted by atomic mass is 10.7. The van der Waals surface area contributed by atoms with E-state index in [2.05, 4.69) is 35.1 Å². The van der Waals surface area contributed by atoms with E-state index in [0.29, 0.717) is 10.1 Å². The summed E-state index contributed by atoms with van der Waals surface area (Å²) < 4.78 is 0. The Hall–Kier alpha value is -0.220. The average Bonchev–Trinajstić information content (AvgIpc) is 1.87. The highest BCUT2D eigenvalue weighted by atomic mass is 32.1. The summed E-state index contributed by atoms with van der Waals surface area (Å²) in [4.78, 5) is 0.657. The van der Waals surface area contributed by atoms with Crippen molar-refractivity contribution in [3.63, 3.8) is 0 Å². The predicted octanol–water partition coefficient (Wildman–Crippen LogP) is -0.0467. The van der Waals surface area contributed by atoms with Crippen molar-refractivity contribution in [1.82, 2.24) is 10.6 Å². The van der Waals surface area contributed by atoms with Gasteiger partial charge in [0.05, 0.1) is 0 Å². The van der Waals surface area contributed by atoms with Crippen LogP contribution in [0.3, 0.4) is 0 Å². The Morgan fingerprint density at radius 2 is 2.14 bits per heavy atom. The summed E-state index contributed by atoms with van der Waals surface area (Å²) in [6.45, 7) is 1.65. The number of hydrogen-bond donors (Lipinski definition) is 2. The van der Waals surface area contributed by atoms with Crippen molar-refractivity contribution in [2.24, 2.45) is 0 Å². The van der Waals surface area contributed by atoms with E-state index in [0.717, 1.165) is 0 Å². The normalized spacial score (nSPS) is 18.9. The van der Waals surface area contributed by atoms with Gasteiger partial charge in [-0.3, -0.25) is 0 Å². The van der Waals surface area contributed by atoms with E-state index >= 15 is 0 Å². The molecule has 0 aliphatic carbocycles. The molecule has 0 bridgehead atoms. The van der Waals surface area contributed by atoms with Crippen molar-refractivity contribution >= 4 is 34.5 Å². The molecule has 1 aliphatic rings. The first-order valence-electron chi connectivity index (χ1n) is 1.74. The van der Waals surface area contributed by atoms with Crippen LogP contribution in [-0.2, 0) is 0 Å². The molecular formula is C3H3N2S2. The van der Waals surface area contributed by atoms with Crippen LogP contribution < -0.4 is 10.6 Å². The molecule has 1 saturated heterocycles. The minimum atomic E-state index is 0.588. The van der Waals surface area contributed by atoms with Gasteiger partial charge < -0.3 is 10.6 Å². The molecule has 7 heavy (non-hydrogen) atoms. The van der Waals surface area contributed by atoms with Crippen LogP contribution >= 0.6 is 24.4 Å². The molecule has 0 spiro atoms. The monoisotopic (exact) mass is 131 g/mol. The third-order valence-electron chi connectivity index (χ3n) is 0.571. The summed E-state index contributed by atoms with van der Waals surface area (Å²) in [6.07, 6.45) is 0. The van der Waals surface area contributed by atoms with Gasteiger partial charge in [0.2, 0.25) is 0 Å². The van der Waals surface area contributed by atoms with Gasteiger partial charge in [-0.25, -0.2) is 0 Å². The second kappa shape index (κ2) is 1.71. The summed E-state index contributed by atoms with van der Waals surface area (Å²) in [5.74, 6) is 0. The van der Waals surface area contributed by atoms with Crippen molar-refractivity contribution in [2.75, 3.05) is 0 Å². The van der Waals surface area contributed by atoms with Gasteiger partial charge in [0.15, 0.2) is 5.11 Å². The molecule has 0 atom stereocenters. The van der Waals surface area contributed by atoms with Crippen molar-refractivity contribution in [3.05, 3.63) is 6.54 Å². The second-order valence-electron chi connectivity index (χ2n) is 1.11. The molecule has 1 rings (SSSR count). The molecule has 0 unspecified atom stereocenters. The lowest BCUT2D eigenvalue weighted by Crippen LogP contribution is -2.21. The molecule has 1 radical (unpaired) electrons. The summed E-state index contributed by atoms with van der Waals surface area (Å²) in [5.41, 5.74) is 0. The Morgan fingerprint density at radius 3 is 2.29 bits per heavy atom. The lowest BCUT2D eigenvalue weighted by molar-refractivity contribution is 1.27. The Bertz CT molecular complexity index is 106. The van der Waals surface area contributed by atoms with E-state index in [1.54, 1.807) is 6.54 Å². The predicted molar refractivity (Wildman–Crippen MR) is 35.8 cm³/mol. The maximum atomic E-state index is 4.68. The Kier molecular flexibility index (Phi) is 1.21. The van der Waals surface area contributed by atoms with Crippen LogP contribution in [0, 0.1) is 6.54 Å². The Morgan fingerprint density at radius 1 is 1.43 bits per heavy atom. The molecule has 0 aromatic rings. The van der Waals surface area contributed by atoms with E-state index in [9.17, 15) is 0 Å². The molecule has 4 heteroatoms. The Labute approximate surface area is 52.3 Å². The highest BCUT2D eigenvalue weighted by molar-refractivity contribution is 7.82. The second-order valence-corrected chi connectivity index (χ2v) is 1.96. The van der Waals surface area contributed by atoms with Gasteiger partial charge in [0.25, 0.3) is 0 Å². The van der Waals surface area contributed by atoms with Gasteiger partial charge in [-0.2, -0.15) is 0 Å². The van der Waals surface area contributed by atoms with Crippen LogP contribution in [0.2, 0.25) is 0 Å². The maximum absolute atomic E-state index is 4.68. The average molecular weight is 131 g/mol. The SMILES string of the molecule is S=C1[CH]NC(=S)N1. The Balaban J connectivity index is 2.55. The first-order valence-corrected chi connectivity index (χ1v) is 2.55. The molecular weight excluding hydrogens is 128 g/mol. The van der Waals surface area contributed by atoms with E-state index < -0.39 is 0 Å². The van der Waals surface area contributed by atoms with Crippen molar-refractivity contribution in [1.29, 1.82) is 0 Å². The van der Waals surface area contributed by atoms with Gasteiger partial charge in [0.1, 0.15) is 11.5 Å². The molecule has 37 valence electrons. The van der Waals surface area contributed by atoms with Gasteiger partial charge >= 0.3 is 0 Å². The zero-order chi connectivity index (χ0) is 5.28. The zero-order valence-corrected chi connectivity index (χ0v) is 5.03. The van der Waals surface area contributed by atoms with Crippen molar-refractivity contribution in [3.8, 4) is 0 Å². The van der Waals surface area contributed by atoms with E-state index in [1.807, 2.05) is 0 Å². The third-order valence-corrected chi connectivity index (χ3v) is 1.01. The van der Waals surface area contributed by atoms with Crippen molar-refractivity contribution in [2.45, 2.75) is 0 Å². The largest absolute Gasteiger partial charge is 0.351 e. The van der Waals surface area contributed by atoms with Crippen molar-refractivity contribution < 1.29 is 0 Å². The molecule has 0 saturated carbocycles. The number of nitrogens with one attached hydrogen (secondary N) is 2. The molecule has 2 nitrogen and oxygen atoms in total. The quantitative estimate of drug-likeness (QED) is 0.450. The lowest BCUT2D eigenvalue weighted by Gasteiger charge is -1.85. The summed E-state index contributed by atoms with van der Waals surface area (Å²) >= 11 is 9.33. The highest BCUT2D eigenvalue weighted by Crippen LogP contribution is 1.84. The minimum Gasteiger partial charge on any atom is -0.351 e. The first kappa shape index (κ1) is 4.93. The van der Waals surface area contributed by atoms with Crippen LogP contribution in [0.1, 0.15) is 0 Å². The summed E-state index contributed by atoms with van der Waals surface area (Å²) in [6, 6.07) is 0. The van der Waals surface area contributed by atoms with Crippen LogP contribution in [0.25, 0.3) is 0 Å².